The lowest BCUT2D eigenvalue weighted by molar-refractivity contribution is -0.120. The second kappa shape index (κ2) is 7.68. The molecule has 18 heavy (non-hydrogen) atoms. The summed E-state index contributed by atoms with van der Waals surface area (Å²) in [6, 6.07) is 6.58. The molecule has 3 N–H and O–H groups in total. The number of hydrogen-bond acceptors (Lipinski definition) is 4. The van der Waals surface area contributed by atoms with E-state index in [1.165, 1.54) is 7.11 Å². The lowest BCUT2D eigenvalue weighted by Gasteiger charge is -2.10. The number of aromatic hydroxyl groups is 1. The number of carbonyl (C=O) groups is 1. The van der Waals surface area contributed by atoms with Crippen LogP contribution in [0.3, 0.4) is 0 Å². The quantitative estimate of drug-likeness (QED) is 0.659. The molecule has 1 amide bonds. The zero-order chi connectivity index (χ0) is 13.4. The molecule has 0 aromatic heterocycles. The summed E-state index contributed by atoms with van der Waals surface area (Å²) in [7, 11) is 1.52. The molecule has 0 saturated heterocycles. The smallest absolute Gasteiger partial charge is 0.224 e. The van der Waals surface area contributed by atoms with Crippen molar-refractivity contribution in [3.05, 3.63) is 29.8 Å². The maximum Gasteiger partial charge on any atom is 0.224 e. The first kappa shape index (κ1) is 14.5. The minimum Gasteiger partial charge on any atom is -0.508 e. The van der Waals surface area contributed by atoms with Crippen LogP contribution in [0, 0.1) is 0 Å². The van der Waals surface area contributed by atoms with E-state index in [0.717, 1.165) is 5.56 Å². The Morgan fingerprint density at radius 1 is 1.50 bits per heavy atom. The molecule has 0 aliphatic carbocycles. The molecule has 5 nitrogen and oxygen atoms in total. The molecule has 0 bridgehead atoms. The molecule has 1 aromatic rings. The Balaban J connectivity index is 2.25. The average Bonchev–Trinajstić information content (AvgIpc) is 2.29. The highest BCUT2D eigenvalue weighted by Gasteiger charge is 2.06. The number of carbonyl (C=O) groups excluding carboxylic acids is 1. The van der Waals surface area contributed by atoms with Crippen molar-refractivity contribution in [2.75, 3.05) is 20.3 Å². The van der Waals surface area contributed by atoms with Crippen LogP contribution >= 0.6 is 0 Å². The summed E-state index contributed by atoms with van der Waals surface area (Å²) in [5.74, 6) is 0.0148. The molecule has 0 aliphatic rings. The minimum absolute atomic E-state index is 0.134. The summed E-state index contributed by atoms with van der Waals surface area (Å²) in [6.07, 6.45) is 0.116. The maximum atomic E-state index is 11.6. The predicted octanol–water partition coefficient (Wildman–Crippen LogP) is 0.448. The van der Waals surface area contributed by atoms with Gasteiger partial charge in [0.15, 0.2) is 0 Å². The van der Waals surface area contributed by atoms with Crippen LogP contribution < -0.4 is 5.32 Å². The molecule has 0 fully saturated rings. The van der Waals surface area contributed by atoms with Gasteiger partial charge in [0.2, 0.25) is 5.91 Å². The zero-order valence-electron chi connectivity index (χ0n) is 10.4. The Morgan fingerprint density at radius 3 is 2.94 bits per heavy atom. The maximum absolute atomic E-state index is 11.6. The predicted molar refractivity (Wildman–Crippen MR) is 67.3 cm³/mol. The SMILES string of the molecule is COCC(O)CCNC(=O)Cc1cccc(O)c1. The molecule has 0 saturated carbocycles. The fourth-order valence-electron chi connectivity index (χ4n) is 1.57. The molecule has 0 spiro atoms. The van der Waals surface area contributed by atoms with E-state index in [9.17, 15) is 15.0 Å². The summed E-state index contributed by atoms with van der Waals surface area (Å²) < 4.78 is 4.78. The Hall–Kier alpha value is -1.59. The number of phenolic OH excluding ortho intramolecular Hbond substituents is 1. The Kier molecular flexibility index (Phi) is 6.18. The zero-order valence-corrected chi connectivity index (χ0v) is 10.4. The van der Waals surface area contributed by atoms with Crippen molar-refractivity contribution in [3.8, 4) is 5.75 Å². The summed E-state index contributed by atoms with van der Waals surface area (Å²) in [6.45, 7) is 0.671. The molecule has 0 heterocycles. The normalized spacial score (nSPS) is 12.1. The highest BCUT2D eigenvalue weighted by atomic mass is 16.5. The van der Waals surface area contributed by atoms with Crippen LogP contribution in [0.15, 0.2) is 24.3 Å². The van der Waals surface area contributed by atoms with Gasteiger partial charge < -0.3 is 20.3 Å². The van der Waals surface area contributed by atoms with Gasteiger partial charge in [-0.1, -0.05) is 12.1 Å². The number of phenols is 1. The standard InChI is InChI=1S/C13H19NO4/c1-18-9-12(16)5-6-14-13(17)8-10-3-2-4-11(15)7-10/h2-4,7,12,15-16H,5-6,8-9H2,1H3,(H,14,17). The first-order chi connectivity index (χ1) is 8.61. The number of amides is 1. The first-order valence-electron chi connectivity index (χ1n) is 5.83. The van der Waals surface area contributed by atoms with Crippen molar-refractivity contribution >= 4 is 5.91 Å². The largest absolute Gasteiger partial charge is 0.508 e. The number of hydrogen-bond donors (Lipinski definition) is 3. The molecule has 1 atom stereocenters. The van der Waals surface area contributed by atoms with Gasteiger partial charge in [-0.3, -0.25) is 4.79 Å². The van der Waals surface area contributed by atoms with Crippen molar-refractivity contribution in [2.45, 2.75) is 18.9 Å². The second-order valence-electron chi connectivity index (χ2n) is 4.09. The highest BCUT2D eigenvalue weighted by Crippen LogP contribution is 2.11. The van der Waals surface area contributed by atoms with Gasteiger partial charge in [0.25, 0.3) is 0 Å². The van der Waals surface area contributed by atoms with Crippen LogP contribution in [0.4, 0.5) is 0 Å². The molecular weight excluding hydrogens is 234 g/mol. The monoisotopic (exact) mass is 253 g/mol. The van der Waals surface area contributed by atoms with E-state index in [4.69, 9.17) is 4.74 Å². The fraction of sp³-hybridized carbons (Fsp3) is 0.462. The minimum atomic E-state index is -0.559. The third-order valence-electron chi connectivity index (χ3n) is 2.43. The van der Waals surface area contributed by atoms with Crippen molar-refractivity contribution < 1.29 is 19.7 Å². The number of rotatable bonds is 7. The van der Waals surface area contributed by atoms with Gasteiger partial charge in [-0.15, -0.1) is 0 Å². The molecule has 100 valence electrons. The molecule has 1 aromatic carbocycles. The van der Waals surface area contributed by atoms with Crippen molar-refractivity contribution in [2.24, 2.45) is 0 Å². The van der Waals surface area contributed by atoms with Crippen molar-refractivity contribution in [3.63, 3.8) is 0 Å². The molecular formula is C13H19NO4. The first-order valence-corrected chi connectivity index (χ1v) is 5.83. The van der Waals surface area contributed by atoms with E-state index in [1.54, 1.807) is 24.3 Å². The van der Waals surface area contributed by atoms with Crippen molar-refractivity contribution in [1.82, 2.24) is 5.32 Å². The number of ether oxygens (including phenoxy) is 1. The van der Waals surface area contributed by atoms with Crippen LogP contribution in [0.2, 0.25) is 0 Å². The van der Waals surface area contributed by atoms with E-state index in [-0.39, 0.29) is 24.7 Å². The molecule has 0 aliphatic heterocycles. The van der Waals surface area contributed by atoms with Gasteiger partial charge in [-0.2, -0.15) is 0 Å². The lowest BCUT2D eigenvalue weighted by Crippen LogP contribution is -2.29. The molecule has 1 rings (SSSR count). The van der Waals surface area contributed by atoms with Gasteiger partial charge in [0.05, 0.1) is 19.1 Å². The van der Waals surface area contributed by atoms with E-state index < -0.39 is 6.10 Å². The highest BCUT2D eigenvalue weighted by molar-refractivity contribution is 5.78. The van der Waals surface area contributed by atoms with Crippen LogP contribution in [0.1, 0.15) is 12.0 Å². The van der Waals surface area contributed by atoms with E-state index in [0.29, 0.717) is 13.0 Å². The topological polar surface area (TPSA) is 78.8 Å². The Morgan fingerprint density at radius 2 is 2.28 bits per heavy atom. The summed E-state index contributed by atoms with van der Waals surface area (Å²) in [5, 5.41) is 21.3. The number of aliphatic hydroxyl groups is 1. The van der Waals surface area contributed by atoms with Crippen LogP contribution in [-0.2, 0) is 16.0 Å². The number of methoxy groups -OCH3 is 1. The van der Waals surface area contributed by atoms with Crippen LogP contribution in [0.25, 0.3) is 0 Å². The second-order valence-corrected chi connectivity index (χ2v) is 4.09. The van der Waals surface area contributed by atoms with Crippen LogP contribution in [0.5, 0.6) is 5.75 Å². The molecule has 5 heteroatoms. The summed E-state index contributed by atoms with van der Waals surface area (Å²) in [4.78, 5) is 11.6. The Labute approximate surface area is 106 Å². The third-order valence-corrected chi connectivity index (χ3v) is 2.43. The van der Waals surface area contributed by atoms with E-state index in [1.807, 2.05) is 0 Å². The van der Waals surface area contributed by atoms with Gasteiger partial charge in [-0.05, 0) is 24.1 Å². The molecule has 1 unspecified atom stereocenters. The summed E-state index contributed by atoms with van der Waals surface area (Å²) in [5.41, 5.74) is 0.755. The number of aliphatic hydroxyl groups excluding tert-OH is 1. The van der Waals surface area contributed by atoms with Crippen LogP contribution in [-0.4, -0.2) is 42.5 Å². The average molecular weight is 253 g/mol. The van der Waals surface area contributed by atoms with E-state index >= 15 is 0 Å². The Bertz CT molecular complexity index is 381. The number of nitrogens with one attached hydrogen (secondary N) is 1. The summed E-state index contributed by atoms with van der Waals surface area (Å²) >= 11 is 0. The third kappa shape index (κ3) is 5.65. The van der Waals surface area contributed by atoms with Gasteiger partial charge >= 0.3 is 0 Å². The molecule has 0 radical (unpaired) electrons. The van der Waals surface area contributed by atoms with Crippen molar-refractivity contribution in [1.29, 1.82) is 0 Å². The van der Waals surface area contributed by atoms with E-state index in [2.05, 4.69) is 5.32 Å². The van der Waals surface area contributed by atoms with Gasteiger partial charge in [0, 0.05) is 13.7 Å². The number of benzene rings is 1. The van der Waals surface area contributed by atoms with Gasteiger partial charge in [-0.25, -0.2) is 0 Å². The lowest BCUT2D eigenvalue weighted by atomic mass is 10.1. The van der Waals surface area contributed by atoms with Gasteiger partial charge in [0.1, 0.15) is 5.75 Å². The fourth-order valence-corrected chi connectivity index (χ4v) is 1.57.